The first-order chi connectivity index (χ1) is 11.2. The van der Waals surface area contributed by atoms with Gasteiger partial charge in [0, 0.05) is 25.8 Å². The van der Waals surface area contributed by atoms with E-state index in [4.69, 9.17) is 0 Å². The molecule has 0 aromatic carbocycles. The number of anilines is 1. The summed E-state index contributed by atoms with van der Waals surface area (Å²) in [5.41, 5.74) is 1.53. The molecule has 0 aliphatic carbocycles. The normalized spacial score (nSPS) is 18.6. The van der Waals surface area contributed by atoms with Gasteiger partial charge in [0.25, 0.3) is 0 Å². The van der Waals surface area contributed by atoms with E-state index in [0.29, 0.717) is 18.8 Å². The Hall–Kier alpha value is -1.86. The lowest BCUT2D eigenvalue weighted by molar-refractivity contribution is -0.163. The molecule has 0 saturated carbocycles. The predicted octanol–water partition coefficient (Wildman–Crippen LogP) is 2.72. The molecule has 1 saturated heterocycles. The van der Waals surface area contributed by atoms with Gasteiger partial charge in [-0.1, -0.05) is 0 Å². The minimum Gasteiger partial charge on any atom is -0.354 e. The van der Waals surface area contributed by atoms with Gasteiger partial charge in [-0.05, 0) is 33.6 Å². The first-order valence-electron chi connectivity index (χ1n) is 8.12. The molecule has 1 unspecified atom stereocenters. The van der Waals surface area contributed by atoms with Crippen LogP contribution in [0.5, 0.6) is 0 Å². The zero-order valence-corrected chi connectivity index (χ0v) is 14.2. The molecule has 1 aromatic heterocycles. The molecule has 0 spiro atoms. The van der Waals surface area contributed by atoms with Crippen molar-refractivity contribution >= 4 is 11.7 Å². The van der Waals surface area contributed by atoms with Gasteiger partial charge in [-0.3, -0.25) is 9.78 Å². The molecule has 5 nitrogen and oxygen atoms in total. The molecular weight excluding hydrogens is 321 g/mol. The van der Waals surface area contributed by atoms with Gasteiger partial charge in [0.1, 0.15) is 12.4 Å². The summed E-state index contributed by atoms with van der Waals surface area (Å²) in [4.78, 5) is 24.1. The van der Waals surface area contributed by atoms with E-state index >= 15 is 0 Å². The Labute approximate surface area is 139 Å². The number of alkyl halides is 3. The number of amides is 1. The maximum absolute atomic E-state index is 12.6. The van der Waals surface area contributed by atoms with Crippen LogP contribution in [0.3, 0.4) is 0 Å². The molecule has 0 N–H and O–H groups in total. The fourth-order valence-electron chi connectivity index (χ4n) is 3.02. The fourth-order valence-corrected chi connectivity index (χ4v) is 3.02. The van der Waals surface area contributed by atoms with E-state index in [1.165, 1.54) is 0 Å². The number of hydrogen-bond donors (Lipinski definition) is 0. The Bertz CT molecular complexity index is 591. The first kappa shape index (κ1) is 18.5. The second kappa shape index (κ2) is 7.36. The van der Waals surface area contributed by atoms with Gasteiger partial charge < -0.3 is 9.80 Å². The second-order valence-corrected chi connectivity index (χ2v) is 6.17. The van der Waals surface area contributed by atoms with E-state index in [1.54, 1.807) is 13.1 Å². The zero-order valence-electron chi connectivity index (χ0n) is 14.2. The Morgan fingerprint density at radius 2 is 2.12 bits per heavy atom. The number of aryl methyl sites for hydroxylation is 2. The maximum atomic E-state index is 12.6. The molecule has 24 heavy (non-hydrogen) atoms. The average Bonchev–Trinajstić information content (AvgIpc) is 2.53. The van der Waals surface area contributed by atoms with Crippen molar-refractivity contribution in [2.24, 2.45) is 5.92 Å². The lowest BCUT2D eigenvalue weighted by Gasteiger charge is -2.36. The number of rotatable bonds is 4. The highest BCUT2D eigenvalue weighted by Gasteiger charge is 2.36. The van der Waals surface area contributed by atoms with E-state index in [1.807, 2.05) is 18.7 Å². The Kier molecular flexibility index (Phi) is 5.66. The van der Waals surface area contributed by atoms with Crippen molar-refractivity contribution < 1.29 is 18.0 Å². The summed E-state index contributed by atoms with van der Waals surface area (Å²) >= 11 is 0. The van der Waals surface area contributed by atoms with Crippen LogP contribution >= 0.6 is 0 Å². The van der Waals surface area contributed by atoms with Crippen LogP contribution in [-0.4, -0.2) is 53.1 Å². The summed E-state index contributed by atoms with van der Waals surface area (Å²) in [6, 6.07) is 0. The topological polar surface area (TPSA) is 49.3 Å². The van der Waals surface area contributed by atoms with Gasteiger partial charge in [0.15, 0.2) is 0 Å². The van der Waals surface area contributed by atoms with E-state index < -0.39 is 24.5 Å². The molecule has 2 heterocycles. The Balaban J connectivity index is 2.12. The van der Waals surface area contributed by atoms with E-state index in [0.717, 1.165) is 29.3 Å². The molecule has 1 aromatic rings. The van der Waals surface area contributed by atoms with Gasteiger partial charge in [-0.15, -0.1) is 0 Å². The van der Waals surface area contributed by atoms with Crippen molar-refractivity contribution in [1.29, 1.82) is 0 Å². The van der Waals surface area contributed by atoms with Crippen LogP contribution < -0.4 is 4.90 Å². The van der Waals surface area contributed by atoms with Crippen LogP contribution in [0.15, 0.2) is 6.20 Å². The van der Waals surface area contributed by atoms with Crippen molar-refractivity contribution in [3.8, 4) is 0 Å². The van der Waals surface area contributed by atoms with Gasteiger partial charge in [0.05, 0.1) is 17.3 Å². The molecule has 8 heteroatoms. The second-order valence-electron chi connectivity index (χ2n) is 6.17. The van der Waals surface area contributed by atoms with E-state index in [-0.39, 0.29) is 6.54 Å². The largest absolute Gasteiger partial charge is 0.406 e. The summed E-state index contributed by atoms with van der Waals surface area (Å²) in [5.74, 6) is -0.160. The van der Waals surface area contributed by atoms with Crippen LogP contribution in [0.1, 0.15) is 31.2 Å². The minimum atomic E-state index is -4.38. The standard InChI is InChI=1S/C16H23F3N4O/c1-4-22(10-16(17,18)19)15(24)13-6-5-7-23(9-13)14-12(3)20-8-11(2)21-14/h8,13H,4-7,9-10H2,1-3H3. The highest BCUT2D eigenvalue weighted by Crippen LogP contribution is 2.26. The lowest BCUT2D eigenvalue weighted by Crippen LogP contribution is -2.47. The smallest absolute Gasteiger partial charge is 0.354 e. The van der Waals surface area contributed by atoms with Crippen LogP contribution in [0.2, 0.25) is 0 Å². The SMILES string of the molecule is CCN(CC(F)(F)F)C(=O)C1CCCN(c2nc(C)cnc2C)C1. The van der Waals surface area contributed by atoms with Crippen molar-refractivity contribution in [3.05, 3.63) is 17.6 Å². The summed E-state index contributed by atoms with van der Waals surface area (Å²) in [7, 11) is 0. The number of carbonyl (C=O) groups is 1. The summed E-state index contributed by atoms with van der Waals surface area (Å²) in [5, 5.41) is 0. The van der Waals surface area contributed by atoms with Crippen LogP contribution in [0, 0.1) is 19.8 Å². The van der Waals surface area contributed by atoms with Gasteiger partial charge in [-0.2, -0.15) is 13.2 Å². The third-order valence-corrected chi connectivity index (χ3v) is 4.18. The van der Waals surface area contributed by atoms with E-state index in [9.17, 15) is 18.0 Å². The first-order valence-corrected chi connectivity index (χ1v) is 8.12. The molecule has 0 bridgehead atoms. The van der Waals surface area contributed by atoms with E-state index in [2.05, 4.69) is 9.97 Å². The van der Waals surface area contributed by atoms with Crippen LogP contribution in [0.25, 0.3) is 0 Å². The van der Waals surface area contributed by atoms with Crippen molar-refractivity contribution in [2.45, 2.75) is 39.8 Å². The Morgan fingerprint density at radius 3 is 2.75 bits per heavy atom. The summed E-state index contributed by atoms with van der Waals surface area (Å²) in [6.07, 6.45) is -1.36. The number of carbonyl (C=O) groups excluding carboxylic acids is 1. The number of aromatic nitrogens is 2. The quantitative estimate of drug-likeness (QED) is 0.843. The van der Waals surface area contributed by atoms with Crippen molar-refractivity contribution in [3.63, 3.8) is 0 Å². The third kappa shape index (κ3) is 4.58. The highest BCUT2D eigenvalue weighted by atomic mass is 19.4. The molecule has 1 aliphatic rings. The summed E-state index contributed by atoms with van der Waals surface area (Å²) in [6.45, 7) is 5.22. The van der Waals surface area contributed by atoms with Gasteiger partial charge in [0.2, 0.25) is 5.91 Å². The van der Waals surface area contributed by atoms with Gasteiger partial charge >= 0.3 is 6.18 Å². The Morgan fingerprint density at radius 1 is 1.42 bits per heavy atom. The summed E-state index contributed by atoms with van der Waals surface area (Å²) < 4.78 is 37.9. The molecule has 1 atom stereocenters. The molecule has 2 rings (SSSR count). The molecule has 1 amide bonds. The number of piperidine rings is 1. The molecule has 1 fully saturated rings. The molecule has 134 valence electrons. The van der Waals surface area contributed by atoms with Gasteiger partial charge in [-0.25, -0.2) is 4.98 Å². The zero-order chi connectivity index (χ0) is 17.9. The minimum absolute atomic E-state index is 0.0537. The third-order valence-electron chi connectivity index (χ3n) is 4.18. The molecule has 0 radical (unpaired) electrons. The molecule has 1 aliphatic heterocycles. The number of hydrogen-bond acceptors (Lipinski definition) is 4. The average molecular weight is 344 g/mol. The molecular formula is C16H23F3N4O. The van der Waals surface area contributed by atoms with Crippen molar-refractivity contribution in [1.82, 2.24) is 14.9 Å². The highest BCUT2D eigenvalue weighted by molar-refractivity contribution is 5.79. The van der Waals surface area contributed by atoms with Crippen LogP contribution in [-0.2, 0) is 4.79 Å². The fraction of sp³-hybridized carbons (Fsp3) is 0.688. The lowest BCUT2D eigenvalue weighted by atomic mass is 9.96. The van der Waals surface area contributed by atoms with Crippen molar-refractivity contribution in [2.75, 3.05) is 31.1 Å². The van der Waals surface area contributed by atoms with Crippen LogP contribution in [0.4, 0.5) is 19.0 Å². The number of nitrogens with zero attached hydrogens (tertiary/aromatic N) is 4. The number of halogens is 3. The maximum Gasteiger partial charge on any atom is 0.406 e. The monoisotopic (exact) mass is 344 g/mol. The predicted molar refractivity (Wildman–Crippen MR) is 84.8 cm³/mol.